The molecule has 2 aliphatic carbocycles. The van der Waals surface area contributed by atoms with E-state index in [2.05, 4.69) is 186 Å². The zero-order valence-corrected chi connectivity index (χ0v) is 38.6. The molecule has 0 saturated heterocycles. The van der Waals surface area contributed by atoms with E-state index >= 15 is 0 Å². The van der Waals surface area contributed by atoms with Gasteiger partial charge in [-0.3, -0.25) is 6.08 Å². The molecule has 6 rings (SSSR count). The number of benzene rings is 4. The zero-order chi connectivity index (χ0) is 37.9. The summed E-state index contributed by atoms with van der Waals surface area (Å²) in [4.78, 5) is 0. The molecular formula is C49H64Cl2Zr-4. The molecule has 4 aromatic rings. The molecule has 52 heavy (non-hydrogen) atoms. The van der Waals surface area contributed by atoms with Gasteiger partial charge in [-0.15, -0.1) is 37.3 Å². The van der Waals surface area contributed by atoms with Crippen LogP contribution in [0.1, 0.15) is 130 Å². The van der Waals surface area contributed by atoms with E-state index in [4.69, 9.17) is 0 Å². The van der Waals surface area contributed by atoms with E-state index in [1.165, 1.54) is 74.3 Å². The van der Waals surface area contributed by atoms with Crippen LogP contribution in [0, 0.1) is 30.2 Å². The van der Waals surface area contributed by atoms with Crippen molar-refractivity contribution >= 4 is 29.0 Å². The van der Waals surface area contributed by atoms with Gasteiger partial charge < -0.3 is 0 Å². The van der Waals surface area contributed by atoms with Crippen LogP contribution < -0.4 is 0 Å². The van der Waals surface area contributed by atoms with Crippen molar-refractivity contribution in [1.82, 2.24) is 0 Å². The normalized spacial score (nSPS) is 13.9. The van der Waals surface area contributed by atoms with Crippen LogP contribution in [0.2, 0.25) is 0 Å². The molecule has 1 unspecified atom stereocenters. The predicted octanol–water partition coefficient (Wildman–Crippen LogP) is 14.0. The van der Waals surface area contributed by atoms with E-state index in [0.29, 0.717) is 5.92 Å². The van der Waals surface area contributed by atoms with Gasteiger partial charge in [-0.1, -0.05) is 131 Å². The van der Waals surface area contributed by atoms with Crippen LogP contribution in [0.5, 0.6) is 0 Å². The average molecular weight is 815 g/mol. The first-order chi connectivity index (χ1) is 23.2. The topological polar surface area (TPSA) is 0 Å². The first-order valence-electron chi connectivity index (χ1n) is 17.9. The third kappa shape index (κ3) is 16.0. The number of fused-ring (bicyclic) bond motifs is 3. The second kappa shape index (κ2) is 21.5. The van der Waals surface area contributed by atoms with Crippen molar-refractivity contribution in [1.29, 1.82) is 0 Å². The molecule has 0 aliphatic heterocycles. The summed E-state index contributed by atoms with van der Waals surface area (Å²) in [5.41, 5.74) is 13.4. The second-order valence-corrected chi connectivity index (χ2v) is 17.4. The molecule has 0 N–H and O–H groups in total. The molecule has 0 nitrogen and oxygen atoms in total. The fourth-order valence-corrected chi connectivity index (χ4v) is 5.51. The Balaban J connectivity index is 0.000000711. The number of hydrogen-bond donors (Lipinski definition) is 0. The van der Waals surface area contributed by atoms with Gasteiger partial charge in [-0.25, -0.2) is 11.6 Å². The minimum absolute atomic E-state index is 0. The molecule has 0 fully saturated rings. The van der Waals surface area contributed by atoms with Crippen LogP contribution in [-0.2, 0) is 52.3 Å². The van der Waals surface area contributed by atoms with Crippen LogP contribution >= 0.6 is 24.8 Å². The first kappa shape index (κ1) is 49.7. The zero-order valence-electron chi connectivity index (χ0n) is 34.5. The van der Waals surface area contributed by atoms with Gasteiger partial charge >= 0.3 is 28.4 Å². The van der Waals surface area contributed by atoms with Gasteiger partial charge in [0.15, 0.2) is 0 Å². The van der Waals surface area contributed by atoms with E-state index in [0.717, 1.165) is 6.42 Å². The molecule has 4 aromatic carbocycles. The van der Waals surface area contributed by atoms with Gasteiger partial charge in [0.25, 0.3) is 0 Å². The Morgan fingerprint density at radius 1 is 0.596 bits per heavy atom. The SMILES string of the molecule is CC(C)(C)c1c[c-]c2c(c1)-c1cc(C(C)(C)C)ccc1C2.CC(C)(C)c1cc[c-]cc1.CC(C)(C)c1cc[c-]cc1.CC1=CC(C)[C-]=C1.Cl.Cl.[CH2]=[Zr]. The van der Waals surface area contributed by atoms with Crippen molar-refractivity contribution in [3.05, 3.63) is 154 Å². The molecule has 0 radical (unpaired) electrons. The Morgan fingerprint density at radius 3 is 1.35 bits per heavy atom. The van der Waals surface area contributed by atoms with Crippen molar-refractivity contribution in [2.75, 3.05) is 0 Å². The van der Waals surface area contributed by atoms with Gasteiger partial charge in [-0.05, 0) is 28.2 Å². The van der Waals surface area contributed by atoms with Crippen LogP contribution in [-0.4, -0.2) is 4.21 Å². The van der Waals surface area contributed by atoms with Gasteiger partial charge in [-0.2, -0.15) is 107 Å². The van der Waals surface area contributed by atoms with Gasteiger partial charge in [0.2, 0.25) is 0 Å². The maximum absolute atomic E-state index is 3.53. The summed E-state index contributed by atoms with van der Waals surface area (Å²) in [6.45, 7) is 31.1. The van der Waals surface area contributed by atoms with E-state index in [1.54, 1.807) is 0 Å². The van der Waals surface area contributed by atoms with Gasteiger partial charge in [0.1, 0.15) is 0 Å². The summed E-state index contributed by atoms with van der Waals surface area (Å²) in [6.07, 6.45) is 8.41. The van der Waals surface area contributed by atoms with Gasteiger partial charge in [0.05, 0.1) is 0 Å². The molecule has 0 saturated carbocycles. The number of halogens is 2. The monoisotopic (exact) mass is 812 g/mol. The van der Waals surface area contributed by atoms with Crippen molar-refractivity contribution < 1.29 is 24.2 Å². The first-order valence-corrected chi connectivity index (χ1v) is 19.6. The quantitative estimate of drug-likeness (QED) is 0.137. The number of allylic oxidation sites excluding steroid dienone is 4. The Labute approximate surface area is 347 Å². The molecular weight excluding hydrogens is 751 g/mol. The molecule has 1 atom stereocenters. The van der Waals surface area contributed by atoms with E-state index in [9.17, 15) is 0 Å². The summed E-state index contributed by atoms with van der Waals surface area (Å²) >= 11 is 1.30. The molecule has 0 aromatic heterocycles. The molecule has 0 bridgehead atoms. The van der Waals surface area contributed by atoms with Gasteiger partial charge in [0, 0.05) is 0 Å². The van der Waals surface area contributed by atoms with Crippen LogP contribution in [0.4, 0.5) is 0 Å². The van der Waals surface area contributed by atoms with Crippen LogP contribution in [0.25, 0.3) is 11.1 Å². The second-order valence-electron chi connectivity index (χ2n) is 17.4. The summed E-state index contributed by atoms with van der Waals surface area (Å²) in [5, 5.41) is 0. The van der Waals surface area contributed by atoms with Crippen molar-refractivity contribution in [3.63, 3.8) is 0 Å². The molecule has 0 spiro atoms. The molecule has 0 heterocycles. The summed E-state index contributed by atoms with van der Waals surface area (Å²) in [7, 11) is 0. The summed E-state index contributed by atoms with van der Waals surface area (Å²) < 4.78 is 3.34. The van der Waals surface area contributed by atoms with Crippen molar-refractivity contribution in [2.24, 2.45) is 5.92 Å². The fraction of sp³-hybridized carbons (Fsp3) is 0.408. The minimum atomic E-state index is 0. The Kier molecular flexibility index (Phi) is 20.6. The summed E-state index contributed by atoms with van der Waals surface area (Å²) in [5.74, 6) is 0.556. The third-order valence-electron chi connectivity index (χ3n) is 8.78. The van der Waals surface area contributed by atoms with Crippen molar-refractivity contribution in [2.45, 2.75) is 125 Å². The number of hydrogen-bond acceptors (Lipinski definition) is 0. The average Bonchev–Trinajstić information content (AvgIpc) is 3.62. The Bertz CT molecular complexity index is 1580. The van der Waals surface area contributed by atoms with E-state index in [1.807, 2.05) is 30.3 Å². The standard InChI is InChI=1S/C21H25.2C10H13.C7H9.CH2.2ClH.Zr/c1-20(2,3)16-9-7-14-11-15-8-10-17(21(4,5)6)13-19(15)18(14)12-16;2*1-10(2,3)9-7-5-4-6-8-9;1-6-3-4-7(2)5-6;;;;/h7,9-10,12-13H,11H2,1-6H3;2*5-8H,1-3H3;3,5,7H,1-2H3;1H2;2*1H;/q4*-1;;;;. The van der Waals surface area contributed by atoms with E-state index < -0.39 is 0 Å². The summed E-state index contributed by atoms with van der Waals surface area (Å²) in [6, 6.07) is 37.4. The Morgan fingerprint density at radius 2 is 1.02 bits per heavy atom. The third-order valence-corrected chi connectivity index (χ3v) is 8.78. The molecule has 2 aliphatic rings. The van der Waals surface area contributed by atoms with Crippen molar-refractivity contribution in [3.8, 4) is 11.1 Å². The van der Waals surface area contributed by atoms with Crippen LogP contribution in [0.15, 0.2) is 96.6 Å². The predicted molar refractivity (Wildman–Crippen MR) is 231 cm³/mol. The molecule has 282 valence electrons. The van der Waals surface area contributed by atoms with Crippen LogP contribution in [0.3, 0.4) is 0 Å². The Hall–Kier alpha value is -2.31. The number of rotatable bonds is 0. The van der Waals surface area contributed by atoms with E-state index in [-0.39, 0.29) is 46.5 Å². The molecule has 3 heteroatoms. The fourth-order valence-electron chi connectivity index (χ4n) is 5.51. The molecule has 0 amide bonds. The maximum atomic E-state index is 3.53.